The Hall–Kier alpha value is -1.45. The minimum absolute atomic E-state index is 0.323. The van der Waals surface area contributed by atoms with E-state index < -0.39 is 5.97 Å². The van der Waals surface area contributed by atoms with Crippen molar-refractivity contribution in [3.05, 3.63) is 15.8 Å². The van der Waals surface area contributed by atoms with E-state index in [9.17, 15) is 9.59 Å². The molecule has 0 saturated carbocycles. The lowest BCUT2D eigenvalue weighted by Crippen LogP contribution is -1.97. The van der Waals surface area contributed by atoms with E-state index in [0.29, 0.717) is 10.6 Å². The van der Waals surface area contributed by atoms with Gasteiger partial charge in [-0.1, -0.05) is 0 Å². The summed E-state index contributed by atoms with van der Waals surface area (Å²) in [6, 6.07) is 1.64. The average Bonchev–Trinajstić information content (AvgIpc) is 2.46. The molecule has 0 aliphatic rings. The quantitative estimate of drug-likeness (QED) is 0.412. The van der Waals surface area contributed by atoms with Crippen molar-refractivity contribution in [2.75, 3.05) is 7.11 Å². The Morgan fingerprint density at radius 3 is 2.92 bits per heavy atom. The topological polar surface area (TPSA) is 55.7 Å². The number of ether oxygens (including phenoxy) is 1. The molecule has 0 aliphatic carbocycles. The van der Waals surface area contributed by atoms with Crippen molar-refractivity contribution in [3.8, 4) is 0 Å². The lowest BCUT2D eigenvalue weighted by atomic mass is 10.4. The van der Waals surface area contributed by atoms with Gasteiger partial charge in [0, 0.05) is 4.88 Å². The summed E-state index contributed by atoms with van der Waals surface area (Å²) in [5.74, 6) is -0.480. The fraction of sp³-hybridized carbons (Fsp3) is 0.250. The number of nitrogens with zero attached hydrogens (tertiary/aromatic N) is 1. The van der Waals surface area contributed by atoms with Crippen LogP contribution in [0, 0.1) is 6.92 Å². The van der Waals surface area contributed by atoms with E-state index in [-0.39, 0.29) is 0 Å². The van der Waals surface area contributed by atoms with Crippen LogP contribution in [0.15, 0.2) is 11.1 Å². The van der Waals surface area contributed by atoms with E-state index in [0.717, 1.165) is 4.88 Å². The number of esters is 1. The Morgan fingerprint density at radius 1 is 1.69 bits per heavy atom. The molecule has 0 saturated heterocycles. The van der Waals surface area contributed by atoms with E-state index in [1.54, 1.807) is 6.07 Å². The van der Waals surface area contributed by atoms with Gasteiger partial charge >= 0.3 is 5.97 Å². The molecule has 68 valence electrons. The second kappa shape index (κ2) is 3.98. The van der Waals surface area contributed by atoms with Crippen LogP contribution in [-0.4, -0.2) is 19.2 Å². The van der Waals surface area contributed by atoms with Crippen molar-refractivity contribution in [2.45, 2.75) is 6.92 Å². The first-order valence-corrected chi connectivity index (χ1v) is 4.27. The van der Waals surface area contributed by atoms with Crippen LogP contribution in [0.3, 0.4) is 0 Å². The molecule has 0 aromatic carbocycles. The number of hydrogen-bond donors (Lipinski definition) is 0. The molecule has 13 heavy (non-hydrogen) atoms. The van der Waals surface area contributed by atoms with Gasteiger partial charge in [-0.15, -0.1) is 11.3 Å². The molecule has 0 radical (unpaired) electrons. The Bertz CT molecular complexity index is 377. The molecule has 4 nitrogen and oxygen atoms in total. The van der Waals surface area contributed by atoms with Crippen LogP contribution in [0.1, 0.15) is 14.5 Å². The molecule has 1 rings (SSSR count). The third kappa shape index (κ3) is 2.02. The summed E-state index contributed by atoms with van der Waals surface area (Å²) < 4.78 is 4.52. The number of isocyanates is 1. The zero-order valence-electron chi connectivity index (χ0n) is 7.16. The molecular formula is C8H7NO3S. The largest absolute Gasteiger partial charge is 0.465 e. The standard InChI is InChI=1S/C8H7NO3S/c1-5-3-6(9-4-10)7(13-5)8(11)12-2/h3H,1-2H3. The highest BCUT2D eigenvalue weighted by molar-refractivity contribution is 7.14. The Kier molecular flexibility index (Phi) is 2.95. The maximum Gasteiger partial charge on any atom is 0.350 e. The summed E-state index contributed by atoms with van der Waals surface area (Å²) in [4.78, 5) is 25.8. The first-order valence-electron chi connectivity index (χ1n) is 3.45. The predicted molar refractivity (Wildman–Crippen MR) is 48.2 cm³/mol. The van der Waals surface area contributed by atoms with Crippen LogP contribution in [-0.2, 0) is 9.53 Å². The van der Waals surface area contributed by atoms with Crippen LogP contribution in [0.4, 0.5) is 5.69 Å². The maximum absolute atomic E-state index is 11.1. The van der Waals surface area contributed by atoms with Gasteiger partial charge < -0.3 is 4.74 Å². The first-order chi connectivity index (χ1) is 6.19. The number of carbonyl (C=O) groups excluding carboxylic acids is 2. The lowest BCUT2D eigenvalue weighted by molar-refractivity contribution is 0.0607. The zero-order valence-corrected chi connectivity index (χ0v) is 7.97. The van der Waals surface area contributed by atoms with Crippen molar-refractivity contribution in [2.24, 2.45) is 4.99 Å². The normalized spacial score (nSPS) is 9.08. The molecule has 0 spiro atoms. The minimum Gasteiger partial charge on any atom is -0.465 e. The highest BCUT2D eigenvalue weighted by Crippen LogP contribution is 2.29. The smallest absolute Gasteiger partial charge is 0.350 e. The van der Waals surface area contributed by atoms with E-state index in [4.69, 9.17) is 0 Å². The van der Waals surface area contributed by atoms with Crippen LogP contribution in [0.5, 0.6) is 0 Å². The summed E-state index contributed by atoms with van der Waals surface area (Å²) in [5, 5.41) is 0. The lowest BCUT2D eigenvalue weighted by Gasteiger charge is -1.93. The highest BCUT2D eigenvalue weighted by atomic mass is 32.1. The van der Waals surface area contributed by atoms with Crippen molar-refractivity contribution in [1.29, 1.82) is 0 Å². The summed E-state index contributed by atoms with van der Waals surface area (Å²) in [7, 11) is 1.28. The van der Waals surface area contributed by atoms with Crippen molar-refractivity contribution in [3.63, 3.8) is 0 Å². The molecule has 0 bridgehead atoms. The maximum atomic E-state index is 11.1. The van der Waals surface area contributed by atoms with Gasteiger partial charge in [0.2, 0.25) is 6.08 Å². The molecule has 0 fully saturated rings. The molecule has 0 amide bonds. The number of thiophene rings is 1. The molecule has 5 heteroatoms. The number of aliphatic imine (C=N–C) groups is 1. The first kappa shape index (κ1) is 9.64. The summed E-state index contributed by atoms with van der Waals surface area (Å²) in [6.45, 7) is 1.82. The van der Waals surface area contributed by atoms with Gasteiger partial charge in [-0.05, 0) is 13.0 Å². The van der Waals surface area contributed by atoms with Crippen LogP contribution < -0.4 is 0 Å². The van der Waals surface area contributed by atoms with Crippen molar-refractivity contribution in [1.82, 2.24) is 0 Å². The van der Waals surface area contributed by atoms with E-state index in [2.05, 4.69) is 9.73 Å². The molecule has 1 aromatic rings. The van der Waals surface area contributed by atoms with Crippen LogP contribution in [0.2, 0.25) is 0 Å². The predicted octanol–water partition coefficient (Wildman–Crippen LogP) is 1.81. The Labute approximate surface area is 78.9 Å². The van der Waals surface area contributed by atoms with Gasteiger partial charge in [0.25, 0.3) is 0 Å². The molecule has 0 atom stereocenters. The van der Waals surface area contributed by atoms with Crippen LogP contribution >= 0.6 is 11.3 Å². The van der Waals surface area contributed by atoms with Gasteiger partial charge in [0.1, 0.15) is 10.6 Å². The second-order valence-electron chi connectivity index (χ2n) is 2.27. The van der Waals surface area contributed by atoms with Gasteiger partial charge in [-0.2, -0.15) is 4.99 Å². The Balaban J connectivity index is 3.18. The third-order valence-electron chi connectivity index (χ3n) is 1.37. The van der Waals surface area contributed by atoms with Gasteiger partial charge in [-0.25, -0.2) is 9.59 Å². The summed E-state index contributed by atoms with van der Waals surface area (Å²) >= 11 is 1.24. The van der Waals surface area contributed by atoms with Gasteiger partial charge in [-0.3, -0.25) is 0 Å². The fourth-order valence-corrected chi connectivity index (χ4v) is 1.74. The summed E-state index contributed by atoms with van der Waals surface area (Å²) in [5.41, 5.74) is 0.323. The van der Waals surface area contributed by atoms with Crippen molar-refractivity contribution >= 4 is 29.1 Å². The second-order valence-corrected chi connectivity index (χ2v) is 3.52. The molecule has 1 aromatic heterocycles. The van der Waals surface area contributed by atoms with Crippen molar-refractivity contribution < 1.29 is 14.3 Å². The number of aryl methyl sites for hydroxylation is 1. The van der Waals surface area contributed by atoms with Gasteiger partial charge in [0.05, 0.1) is 7.11 Å². The number of rotatable bonds is 2. The van der Waals surface area contributed by atoms with Crippen LogP contribution in [0.25, 0.3) is 0 Å². The number of hydrogen-bond acceptors (Lipinski definition) is 5. The number of carbonyl (C=O) groups is 1. The average molecular weight is 197 g/mol. The zero-order chi connectivity index (χ0) is 9.84. The van der Waals surface area contributed by atoms with E-state index in [1.807, 2.05) is 6.92 Å². The number of methoxy groups -OCH3 is 1. The highest BCUT2D eigenvalue weighted by Gasteiger charge is 2.14. The fourth-order valence-electron chi connectivity index (χ4n) is 0.872. The molecule has 1 heterocycles. The Morgan fingerprint density at radius 2 is 2.38 bits per heavy atom. The van der Waals surface area contributed by atoms with E-state index >= 15 is 0 Å². The SMILES string of the molecule is COC(=O)c1sc(C)cc1N=C=O. The monoisotopic (exact) mass is 197 g/mol. The van der Waals surface area contributed by atoms with E-state index in [1.165, 1.54) is 24.5 Å². The summed E-state index contributed by atoms with van der Waals surface area (Å²) in [6.07, 6.45) is 1.39. The van der Waals surface area contributed by atoms with Gasteiger partial charge in [0.15, 0.2) is 0 Å². The molecule has 0 unspecified atom stereocenters. The molecular weight excluding hydrogens is 190 g/mol. The molecule has 0 N–H and O–H groups in total. The minimum atomic E-state index is -0.480. The third-order valence-corrected chi connectivity index (χ3v) is 2.39. The molecule has 0 aliphatic heterocycles.